The number of pyridine rings is 1. The first-order valence-corrected chi connectivity index (χ1v) is 26.2. The quantitative estimate of drug-likeness (QED) is 0.118. The molecule has 7 aromatic carbocycles. The van der Waals surface area contributed by atoms with E-state index >= 15 is 0 Å². The Bertz CT molecular complexity index is 3750. The van der Waals surface area contributed by atoms with E-state index in [2.05, 4.69) is 224 Å². The first kappa shape index (κ1) is 46.5. The molecule has 5 nitrogen and oxygen atoms in total. The maximum Gasteiger partial charge on any atom is 0.244 e. The smallest absolute Gasteiger partial charge is 0.244 e. The summed E-state index contributed by atoms with van der Waals surface area (Å²) in [6.45, 7) is 31.4. The van der Waals surface area contributed by atoms with Crippen LogP contribution >= 0.6 is 0 Å². The maximum atomic E-state index is 8.93. The largest absolute Gasteiger partial charge is 0.458 e. The summed E-state index contributed by atoms with van der Waals surface area (Å²) in [6, 6.07) is 53.7. The summed E-state index contributed by atoms with van der Waals surface area (Å²) in [5.41, 5.74) is 16.1. The highest BCUT2D eigenvalue weighted by Gasteiger charge is 2.26. The van der Waals surface area contributed by atoms with Crippen molar-refractivity contribution < 1.29 is 13.4 Å². The molecule has 0 spiro atoms. The van der Waals surface area contributed by atoms with Crippen molar-refractivity contribution in [3.63, 3.8) is 0 Å². The molecule has 74 heavy (non-hydrogen) atoms. The van der Waals surface area contributed by atoms with Gasteiger partial charge in [0.1, 0.15) is 17.3 Å². The summed E-state index contributed by atoms with van der Waals surface area (Å²) in [5.74, 6) is 2.11. The molecule has 0 aliphatic heterocycles. The number of aryl methyl sites for hydroxylation is 1. The number of rotatable bonds is 7. The molecule has 0 saturated carbocycles. The van der Waals surface area contributed by atoms with Gasteiger partial charge in [0.25, 0.3) is 0 Å². The summed E-state index contributed by atoms with van der Waals surface area (Å²) in [6.07, 6.45) is 5.18. The van der Waals surface area contributed by atoms with Gasteiger partial charge in [-0.05, 0) is 131 Å². The molecule has 0 aliphatic carbocycles. The second-order valence-electron chi connectivity index (χ2n) is 25.6. The van der Waals surface area contributed by atoms with Crippen LogP contribution in [-0.2, 0) is 34.1 Å². The van der Waals surface area contributed by atoms with Gasteiger partial charge in [0.05, 0.1) is 38.8 Å². The van der Waals surface area contributed by atoms with Crippen LogP contribution in [0.2, 0.25) is 0 Å². The van der Waals surface area contributed by atoms with Crippen LogP contribution < -0.4 is 9.30 Å². The Kier molecular flexibility index (Phi) is 11.3. The van der Waals surface area contributed by atoms with Crippen molar-refractivity contribution in [3.8, 4) is 56.4 Å². The number of hydrogen-bond acceptors (Lipinski definition) is 2. The van der Waals surface area contributed by atoms with E-state index in [1.54, 1.807) is 0 Å². The van der Waals surface area contributed by atoms with Crippen molar-refractivity contribution >= 4 is 32.8 Å². The van der Waals surface area contributed by atoms with E-state index in [0.29, 0.717) is 28.2 Å². The van der Waals surface area contributed by atoms with Crippen molar-refractivity contribution in [2.24, 2.45) is 6.98 Å². The molecule has 3 heterocycles. The zero-order valence-electron chi connectivity index (χ0n) is 49.2. The van der Waals surface area contributed by atoms with Crippen molar-refractivity contribution in [2.45, 2.75) is 131 Å². The molecule has 0 atom stereocenters. The minimum absolute atomic E-state index is 0.0516. The second-order valence-corrected chi connectivity index (χ2v) is 25.6. The number of imidazole rings is 1. The van der Waals surface area contributed by atoms with Gasteiger partial charge in [-0.25, -0.2) is 4.98 Å². The number of ether oxygens (including phenoxy) is 1. The standard InChI is InChI=1S/C69H74N4O/c1-65(2,3)47-31-32-70-63(40-47)73-59-26-18-17-23-57(59)58-29-28-54(42-61(58)73)74-53-22-19-21-52(41-53)72-43-71(16)62-37-44(27-30-60(62)72)64-55(45-33-48(66(4,5)6)38-49(34-45)67(7,8)9)24-20-25-56(64)46-35-50(68(10,11)12)39-51(36-46)69(13,14)15/h17-42H,1-16H3/i16D3. The highest BCUT2D eigenvalue weighted by molar-refractivity contribution is 6.09. The lowest BCUT2D eigenvalue weighted by atomic mass is 9.76. The molecule has 0 saturated heterocycles. The highest BCUT2D eigenvalue weighted by Crippen LogP contribution is 2.45. The number of aromatic nitrogens is 4. The van der Waals surface area contributed by atoms with Gasteiger partial charge in [-0.2, -0.15) is 0 Å². The van der Waals surface area contributed by atoms with Gasteiger partial charge in [0.2, 0.25) is 6.33 Å². The summed E-state index contributed by atoms with van der Waals surface area (Å²) in [5, 5.41) is 2.23. The third-order valence-corrected chi connectivity index (χ3v) is 14.8. The normalized spacial score (nSPS) is 13.6. The van der Waals surface area contributed by atoms with Crippen molar-refractivity contribution in [3.05, 3.63) is 192 Å². The lowest BCUT2D eigenvalue weighted by molar-refractivity contribution is -0.649. The monoisotopic (exact) mass is 978 g/mol. The first-order chi connectivity index (χ1) is 35.9. The molecule has 0 aliphatic rings. The zero-order chi connectivity index (χ0) is 55.4. The second kappa shape index (κ2) is 18.0. The fourth-order valence-corrected chi connectivity index (χ4v) is 10.2. The Morgan fingerprint density at radius 3 is 1.59 bits per heavy atom. The molecule has 3 aromatic heterocycles. The Hall–Kier alpha value is -7.24. The summed E-state index contributed by atoms with van der Waals surface area (Å²) in [4.78, 5) is 4.88. The molecule has 376 valence electrons. The van der Waals surface area contributed by atoms with E-state index in [9.17, 15) is 0 Å². The SMILES string of the molecule is [2H]C([2H])([2H])[n+]1[c-]n(-c2cccc(Oc3ccc4c5ccccc5n(-c5cc(C(C)(C)C)ccn5)c4c3)c2)c2ccc(-c3c(-c4cc(C(C)(C)C)cc(C(C)(C)C)c4)cccc3-c3cc(C(C)(C)C)cc(C(C)(C)C)c3)cc21. The third-order valence-electron chi connectivity index (χ3n) is 14.8. The molecule has 0 radical (unpaired) electrons. The van der Waals surface area contributed by atoms with Crippen LogP contribution in [0.5, 0.6) is 11.5 Å². The molecule has 10 rings (SSSR count). The summed E-state index contributed by atoms with van der Waals surface area (Å²) < 4.78 is 38.9. The zero-order valence-corrected chi connectivity index (χ0v) is 46.2. The minimum Gasteiger partial charge on any atom is -0.458 e. The van der Waals surface area contributed by atoms with Crippen LogP contribution in [0.15, 0.2) is 158 Å². The fourth-order valence-electron chi connectivity index (χ4n) is 10.2. The maximum absolute atomic E-state index is 8.93. The minimum atomic E-state index is -2.54. The molecule has 10 aromatic rings. The predicted molar refractivity (Wildman–Crippen MR) is 312 cm³/mol. The lowest BCUT2D eigenvalue weighted by Crippen LogP contribution is -2.26. The number of nitrogens with zero attached hydrogens (tertiary/aromatic N) is 4. The average molecular weight is 978 g/mol. The predicted octanol–water partition coefficient (Wildman–Crippen LogP) is 18.0. The van der Waals surface area contributed by atoms with Crippen LogP contribution in [0.4, 0.5) is 0 Å². The van der Waals surface area contributed by atoms with Crippen LogP contribution in [0.3, 0.4) is 0 Å². The van der Waals surface area contributed by atoms with Crippen molar-refractivity contribution in [1.82, 2.24) is 14.1 Å². The van der Waals surface area contributed by atoms with Gasteiger partial charge >= 0.3 is 0 Å². The van der Waals surface area contributed by atoms with Crippen LogP contribution in [0.25, 0.3) is 77.7 Å². The third kappa shape index (κ3) is 9.58. The number of hydrogen-bond donors (Lipinski definition) is 0. The molecule has 5 heteroatoms. The van der Waals surface area contributed by atoms with E-state index in [0.717, 1.165) is 61.0 Å². The summed E-state index contributed by atoms with van der Waals surface area (Å²) in [7, 11) is 0. The van der Waals surface area contributed by atoms with E-state index in [4.69, 9.17) is 13.8 Å². The topological polar surface area (TPSA) is 35.9 Å². The number of para-hydroxylation sites is 1. The van der Waals surface area contributed by atoms with E-state index < -0.39 is 6.98 Å². The van der Waals surface area contributed by atoms with Crippen molar-refractivity contribution in [2.75, 3.05) is 0 Å². The van der Waals surface area contributed by atoms with E-state index in [1.807, 2.05) is 53.2 Å². The first-order valence-electron chi connectivity index (χ1n) is 27.7. The van der Waals surface area contributed by atoms with E-state index in [-0.39, 0.29) is 27.1 Å². The molecular weight excluding hydrogens is 901 g/mol. The molecule has 0 bridgehead atoms. The lowest BCUT2D eigenvalue weighted by Gasteiger charge is -2.28. The number of benzene rings is 7. The van der Waals surface area contributed by atoms with Gasteiger partial charge in [0, 0.05) is 23.0 Å². The summed E-state index contributed by atoms with van der Waals surface area (Å²) >= 11 is 0. The average Bonchev–Trinajstić information content (AvgIpc) is 3.92. The van der Waals surface area contributed by atoms with Crippen LogP contribution in [-0.4, -0.2) is 14.1 Å². The van der Waals surface area contributed by atoms with Gasteiger partial charge in [-0.3, -0.25) is 4.57 Å². The molecule has 0 unspecified atom stereocenters. The van der Waals surface area contributed by atoms with Gasteiger partial charge in [-0.15, -0.1) is 0 Å². The van der Waals surface area contributed by atoms with Gasteiger partial charge in [0.15, 0.2) is 0 Å². The molecule has 0 N–H and O–H groups in total. The number of fused-ring (bicyclic) bond motifs is 4. The van der Waals surface area contributed by atoms with E-state index in [1.165, 1.54) is 32.4 Å². The Balaban J connectivity index is 1.13. The van der Waals surface area contributed by atoms with Crippen molar-refractivity contribution in [1.29, 1.82) is 0 Å². The fraction of sp³-hybridized carbons (Fsp3) is 0.304. The van der Waals surface area contributed by atoms with Crippen LogP contribution in [0.1, 0.15) is 136 Å². The molecule has 0 fully saturated rings. The van der Waals surface area contributed by atoms with Gasteiger partial charge < -0.3 is 13.9 Å². The molecular formula is C69H74N4O. The molecule has 0 amide bonds. The van der Waals surface area contributed by atoms with Crippen LogP contribution in [0, 0.1) is 6.33 Å². The highest BCUT2D eigenvalue weighted by atomic mass is 16.5. The Labute approximate surface area is 444 Å². The Morgan fingerprint density at radius 2 is 1.01 bits per heavy atom. The Morgan fingerprint density at radius 1 is 0.459 bits per heavy atom. The van der Waals surface area contributed by atoms with Gasteiger partial charge in [-0.1, -0.05) is 207 Å².